The number of anilines is 1. The molecule has 1 unspecified atom stereocenters. The lowest BCUT2D eigenvalue weighted by Gasteiger charge is -2.22. The van der Waals surface area contributed by atoms with Crippen LogP contribution in [0.1, 0.15) is 33.9 Å². The minimum atomic E-state index is -0.888. The van der Waals surface area contributed by atoms with Crippen molar-refractivity contribution >= 4 is 79.9 Å². The minimum Gasteiger partial charge on any atom is -0.507 e. The van der Waals surface area contributed by atoms with Gasteiger partial charge in [0.1, 0.15) is 18.1 Å². The number of nitrogens with zero attached hydrogens (tertiary/aromatic N) is 3. The van der Waals surface area contributed by atoms with Crippen LogP contribution in [0.15, 0.2) is 107 Å². The molecule has 1 atom stereocenters. The molecule has 5 aromatic rings. The number of carbonyl (C=O) groups excluding carboxylic acids is 2. The SMILES string of the molecule is Cc1cccc(COc2ccc(C(O)=C3C(=O)C(=O)N(c4nnc(SCc5ccc(Cl)cc5)s4)C3c3ccc(I)cc3)cc2)c1. The first-order valence-electron chi connectivity index (χ1n) is 13.8. The van der Waals surface area contributed by atoms with Crippen LogP contribution in [-0.2, 0) is 21.9 Å². The van der Waals surface area contributed by atoms with Crippen molar-refractivity contribution in [1.82, 2.24) is 10.2 Å². The van der Waals surface area contributed by atoms with Crippen LogP contribution in [0.4, 0.5) is 5.13 Å². The molecule has 1 aliphatic heterocycles. The molecule has 6 rings (SSSR count). The maximum atomic E-state index is 13.6. The molecule has 45 heavy (non-hydrogen) atoms. The summed E-state index contributed by atoms with van der Waals surface area (Å²) < 4.78 is 7.56. The fourth-order valence-electron chi connectivity index (χ4n) is 4.91. The minimum absolute atomic E-state index is 0.0137. The lowest BCUT2D eigenvalue weighted by Crippen LogP contribution is -2.29. The van der Waals surface area contributed by atoms with Crippen LogP contribution in [0, 0.1) is 10.5 Å². The molecule has 0 saturated carbocycles. The highest BCUT2D eigenvalue weighted by molar-refractivity contribution is 14.1. The first-order chi connectivity index (χ1) is 21.8. The molecule has 1 saturated heterocycles. The first-order valence-corrected chi connectivity index (χ1v) is 17.1. The van der Waals surface area contributed by atoms with Gasteiger partial charge in [-0.2, -0.15) is 0 Å². The van der Waals surface area contributed by atoms with Gasteiger partial charge >= 0.3 is 5.91 Å². The summed E-state index contributed by atoms with van der Waals surface area (Å²) in [6.45, 7) is 2.42. The Morgan fingerprint density at radius 2 is 1.71 bits per heavy atom. The number of ketones is 1. The Labute approximate surface area is 287 Å². The van der Waals surface area contributed by atoms with Crippen LogP contribution >= 0.6 is 57.3 Å². The number of carbonyl (C=O) groups is 2. The van der Waals surface area contributed by atoms with E-state index in [1.165, 1.54) is 28.0 Å². The summed E-state index contributed by atoms with van der Waals surface area (Å²) in [6, 6.07) is 29.0. The van der Waals surface area contributed by atoms with E-state index in [0.29, 0.717) is 38.6 Å². The summed E-state index contributed by atoms with van der Waals surface area (Å²) in [4.78, 5) is 28.4. The average Bonchev–Trinajstić information content (AvgIpc) is 3.62. The lowest BCUT2D eigenvalue weighted by atomic mass is 9.95. The molecule has 226 valence electrons. The Bertz CT molecular complexity index is 1890. The Morgan fingerprint density at radius 1 is 0.978 bits per heavy atom. The van der Waals surface area contributed by atoms with Gasteiger partial charge in [0.25, 0.3) is 5.78 Å². The van der Waals surface area contributed by atoms with E-state index in [1.54, 1.807) is 24.3 Å². The van der Waals surface area contributed by atoms with E-state index in [9.17, 15) is 14.7 Å². The second-order valence-electron chi connectivity index (χ2n) is 10.3. The van der Waals surface area contributed by atoms with Crippen molar-refractivity contribution in [2.75, 3.05) is 4.90 Å². The highest BCUT2D eigenvalue weighted by atomic mass is 127. The monoisotopic (exact) mass is 765 g/mol. The van der Waals surface area contributed by atoms with Gasteiger partial charge in [0.2, 0.25) is 5.13 Å². The van der Waals surface area contributed by atoms with Crippen LogP contribution in [0.5, 0.6) is 5.75 Å². The highest BCUT2D eigenvalue weighted by Gasteiger charge is 2.48. The number of Topliss-reactive ketones (excluding diaryl/α,β-unsaturated/α-hetero) is 1. The summed E-state index contributed by atoms with van der Waals surface area (Å²) in [5, 5.41) is 21.0. The molecule has 4 aromatic carbocycles. The van der Waals surface area contributed by atoms with E-state index < -0.39 is 17.7 Å². The molecule has 7 nitrogen and oxygen atoms in total. The molecule has 1 fully saturated rings. The predicted octanol–water partition coefficient (Wildman–Crippen LogP) is 8.60. The summed E-state index contributed by atoms with van der Waals surface area (Å²) in [5.74, 6) is -0.591. The fraction of sp³-hybridized carbons (Fsp3) is 0.118. The van der Waals surface area contributed by atoms with Gasteiger partial charge in [0, 0.05) is 19.9 Å². The quantitative estimate of drug-likeness (QED) is 0.0402. The average molecular weight is 766 g/mol. The third-order valence-electron chi connectivity index (χ3n) is 7.12. The topological polar surface area (TPSA) is 92.6 Å². The zero-order chi connectivity index (χ0) is 31.5. The number of aliphatic hydroxyl groups excluding tert-OH is 1. The molecular formula is C34H25ClIN3O4S2. The van der Waals surface area contributed by atoms with E-state index in [-0.39, 0.29) is 16.5 Å². The Kier molecular flexibility index (Phi) is 9.55. The van der Waals surface area contributed by atoms with Gasteiger partial charge in [0.05, 0.1) is 11.6 Å². The standard InChI is InChI=1S/C34H25ClIN3O4S2/c1-20-3-2-4-22(17-20)18-43-27-15-9-24(10-16-27)30(40)28-29(23-7-13-26(36)14-8-23)39(32(42)31(28)41)33-37-38-34(45-33)44-19-21-5-11-25(35)12-6-21/h2-17,29,40H,18-19H2,1H3. The molecule has 11 heteroatoms. The van der Waals surface area contributed by atoms with Crippen molar-refractivity contribution in [2.24, 2.45) is 0 Å². The second-order valence-corrected chi connectivity index (χ2v) is 14.1. The Hall–Kier alpha value is -3.71. The van der Waals surface area contributed by atoms with E-state index in [1.807, 2.05) is 73.7 Å². The van der Waals surface area contributed by atoms with E-state index in [4.69, 9.17) is 16.3 Å². The molecule has 1 aromatic heterocycles. The molecule has 0 bridgehead atoms. The first kappa shape index (κ1) is 31.3. The predicted molar refractivity (Wildman–Crippen MR) is 187 cm³/mol. The van der Waals surface area contributed by atoms with Gasteiger partial charge in [-0.05, 0) is 94.7 Å². The molecule has 1 amide bonds. The number of amides is 1. The number of aryl methyl sites for hydroxylation is 1. The Morgan fingerprint density at radius 3 is 2.42 bits per heavy atom. The number of aromatic nitrogens is 2. The number of hydrogen-bond acceptors (Lipinski definition) is 8. The Balaban J connectivity index is 1.29. The van der Waals surface area contributed by atoms with Crippen molar-refractivity contribution in [3.05, 3.63) is 139 Å². The molecule has 0 radical (unpaired) electrons. The zero-order valence-electron chi connectivity index (χ0n) is 23.8. The maximum absolute atomic E-state index is 13.6. The number of benzene rings is 4. The molecule has 0 aliphatic carbocycles. The van der Waals surface area contributed by atoms with E-state index in [2.05, 4.69) is 38.9 Å². The highest BCUT2D eigenvalue weighted by Crippen LogP contribution is 2.44. The zero-order valence-corrected chi connectivity index (χ0v) is 28.4. The molecular weight excluding hydrogens is 741 g/mol. The van der Waals surface area contributed by atoms with Gasteiger partial charge in [-0.3, -0.25) is 14.5 Å². The van der Waals surface area contributed by atoms with Crippen molar-refractivity contribution in [2.45, 2.75) is 29.7 Å². The number of aliphatic hydroxyl groups is 1. The maximum Gasteiger partial charge on any atom is 0.301 e. The van der Waals surface area contributed by atoms with E-state index in [0.717, 1.165) is 20.3 Å². The van der Waals surface area contributed by atoms with Gasteiger partial charge < -0.3 is 9.84 Å². The van der Waals surface area contributed by atoms with Crippen molar-refractivity contribution in [3.8, 4) is 5.75 Å². The summed E-state index contributed by atoms with van der Waals surface area (Å²) in [5.41, 5.74) is 4.30. The molecule has 0 spiro atoms. The summed E-state index contributed by atoms with van der Waals surface area (Å²) >= 11 is 10.9. The van der Waals surface area contributed by atoms with Crippen LogP contribution in [0.3, 0.4) is 0 Å². The molecule has 1 N–H and O–H groups in total. The van der Waals surface area contributed by atoms with Crippen LogP contribution in [0.2, 0.25) is 5.02 Å². The van der Waals surface area contributed by atoms with Gasteiger partial charge in [-0.15, -0.1) is 10.2 Å². The number of ether oxygens (including phenoxy) is 1. The molecule has 2 heterocycles. The normalized spacial score (nSPS) is 15.9. The summed E-state index contributed by atoms with van der Waals surface area (Å²) in [6.07, 6.45) is 0. The van der Waals surface area contributed by atoms with Gasteiger partial charge in [0.15, 0.2) is 4.34 Å². The fourth-order valence-corrected chi connectivity index (χ4v) is 7.22. The number of rotatable bonds is 9. The van der Waals surface area contributed by atoms with Crippen LogP contribution in [-0.4, -0.2) is 27.0 Å². The smallest absolute Gasteiger partial charge is 0.301 e. The number of halogens is 2. The van der Waals surface area contributed by atoms with Crippen LogP contribution in [0.25, 0.3) is 5.76 Å². The van der Waals surface area contributed by atoms with E-state index >= 15 is 0 Å². The third kappa shape index (κ3) is 7.09. The van der Waals surface area contributed by atoms with Crippen molar-refractivity contribution < 1.29 is 19.4 Å². The second kappa shape index (κ2) is 13.7. The largest absolute Gasteiger partial charge is 0.507 e. The van der Waals surface area contributed by atoms with Crippen molar-refractivity contribution in [1.29, 1.82) is 0 Å². The van der Waals surface area contributed by atoms with Gasteiger partial charge in [-0.25, -0.2) is 0 Å². The number of thioether (sulfide) groups is 1. The molecule has 1 aliphatic rings. The lowest BCUT2D eigenvalue weighted by molar-refractivity contribution is -0.132. The van der Waals surface area contributed by atoms with Gasteiger partial charge in [-0.1, -0.05) is 88.8 Å². The third-order valence-corrected chi connectivity index (χ3v) is 10.2. The van der Waals surface area contributed by atoms with Crippen LogP contribution < -0.4 is 9.64 Å². The number of hydrogen-bond donors (Lipinski definition) is 1. The summed E-state index contributed by atoms with van der Waals surface area (Å²) in [7, 11) is 0. The van der Waals surface area contributed by atoms with Crippen molar-refractivity contribution in [3.63, 3.8) is 0 Å².